The summed E-state index contributed by atoms with van der Waals surface area (Å²) in [6.45, 7) is 5.78. The Morgan fingerprint density at radius 3 is 2.83 bits per heavy atom. The van der Waals surface area contributed by atoms with Gasteiger partial charge in [0.2, 0.25) is 5.95 Å². The van der Waals surface area contributed by atoms with Crippen LogP contribution in [0.15, 0.2) is 36.5 Å². The summed E-state index contributed by atoms with van der Waals surface area (Å²) >= 11 is 0. The summed E-state index contributed by atoms with van der Waals surface area (Å²) in [5.74, 6) is 1.46. The second-order valence-corrected chi connectivity index (χ2v) is 9.25. The smallest absolute Gasteiger partial charge is 0.224 e. The molecule has 186 valence electrons. The molecule has 1 saturated heterocycles. The van der Waals surface area contributed by atoms with E-state index < -0.39 is 0 Å². The average Bonchev–Trinajstić information content (AvgIpc) is 3.18. The van der Waals surface area contributed by atoms with Crippen molar-refractivity contribution in [2.45, 2.75) is 25.8 Å². The minimum atomic E-state index is -0.150. The number of anilines is 3. The molecule has 0 saturated carbocycles. The van der Waals surface area contributed by atoms with Crippen LogP contribution in [-0.2, 0) is 6.42 Å². The Kier molecular flexibility index (Phi) is 7.28. The highest BCUT2D eigenvalue weighted by Crippen LogP contribution is 2.33. The highest BCUT2D eigenvalue weighted by Gasteiger charge is 2.31. The molecule has 2 aliphatic heterocycles. The molecule has 10 heteroatoms. The van der Waals surface area contributed by atoms with E-state index in [1.165, 1.54) is 5.56 Å². The van der Waals surface area contributed by atoms with Crippen LogP contribution in [0.25, 0.3) is 11.9 Å². The Morgan fingerprint density at radius 1 is 1.20 bits per heavy atom. The predicted molar refractivity (Wildman–Crippen MR) is 141 cm³/mol. The van der Waals surface area contributed by atoms with Gasteiger partial charge >= 0.3 is 0 Å². The lowest BCUT2D eigenvalue weighted by molar-refractivity contribution is 0.234. The van der Waals surface area contributed by atoms with E-state index in [0.29, 0.717) is 11.9 Å². The van der Waals surface area contributed by atoms with Crippen molar-refractivity contribution >= 4 is 35.9 Å². The second kappa shape index (κ2) is 10.2. The SMILES string of the molecule is Cc1c(/C=C/CN2CCN3c4cc(F)ccc4CCC3C2)cnn1-c1cc(N(C)C)nc(N)n1.Cl. The molecule has 0 bridgehead atoms. The van der Waals surface area contributed by atoms with Crippen LogP contribution in [-0.4, -0.2) is 71.0 Å². The summed E-state index contributed by atoms with van der Waals surface area (Å²) in [6, 6.07) is 7.53. The van der Waals surface area contributed by atoms with Crippen LogP contribution in [0.5, 0.6) is 0 Å². The van der Waals surface area contributed by atoms with Gasteiger partial charge in [-0.25, -0.2) is 9.07 Å². The lowest BCUT2D eigenvalue weighted by atomic mass is 9.94. The number of hydrogen-bond acceptors (Lipinski definition) is 7. The van der Waals surface area contributed by atoms with Gasteiger partial charge < -0.3 is 15.5 Å². The van der Waals surface area contributed by atoms with Gasteiger partial charge in [-0.1, -0.05) is 18.2 Å². The molecular formula is C25H32ClFN8. The molecule has 1 fully saturated rings. The molecular weight excluding hydrogens is 467 g/mol. The number of hydrogen-bond donors (Lipinski definition) is 1. The summed E-state index contributed by atoms with van der Waals surface area (Å²) in [7, 11) is 3.83. The van der Waals surface area contributed by atoms with Gasteiger partial charge in [-0.15, -0.1) is 12.4 Å². The fourth-order valence-electron chi connectivity index (χ4n) is 4.91. The number of nitrogens with two attached hydrogens (primary N) is 1. The summed E-state index contributed by atoms with van der Waals surface area (Å²) in [5.41, 5.74) is 10.3. The van der Waals surface area contributed by atoms with Crippen LogP contribution in [0.4, 0.5) is 21.8 Å². The van der Waals surface area contributed by atoms with Gasteiger partial charge in [-0.2, -0.15) is 15.1 Å². The number of aryl methyl sites for hydroxylation is 1. The second-order valence-electron chi connectivity index (χ2n) is 9.25. The largest absolute Gasteiger partial charge is 0.368 e. The van der Waals surface area contributed by atoms with Crippen molar-refractivity contribution < 1.29 is 4.39 Å². The third-order valence-corrected chi connectivity index (χ3v) is 6.77. The van der Waals surface area contributed by atoms with E-state index in [2.05, 4.69) is 37.0 Å². The third-order valence-electron chi connectivity index (χ3n) is 6.77. The lowest BCUT2D eigenvalue weighted by Crippen LogP contribution is -2.55. The zero-order valence-corrected chi connectivity index (χ0v) is 21.2. The Hall–Kier alpha value is -3.17. The molecule has 1 unspecified atom stereocenters. The average molecular weight is 499 g/mol. The van der Waals surface area contributed by atoms with E-state index in [4.69, 9.17) is 5.73 Å². The molecule has 4 heterocycles. The van der Waals surface area contributed by atoms with Gasteiger partial charge in [0.05, 0.1) is 11.9 Å². The van der Waals surface area contributed by atoms with Crippen molar-refractivity contribution in [1.29, 1.82) is 0 Å². The van der Waals surface area contributed by atoms with Crippen LogP contribution < -0.4 is 15.5 Å². The molecule has 2 aromatic heterocycles. The fourth-order valence-corrected chi connectivity index (χ4v) is 4.91. The molecule has 0 spiro atoms. The minimum absolute atomic E-state index is 0. The molecule has 8 nitrogen and oxygen atoms in total. The number of rotatable bonds is 5. The quantitative estimate of drug-likeness (QED) is 0.578. The molecule has 2 aliphatic rings. The Morgan fingerprint density at radius 2 is 2.03 bits per heavy atom. The van der Waals surface area contributed by atoms with Crippen molar-refractivity contribution in [3.63, 3.8) is 0 Å². The zero-order chi connectivity index (χ0) is 23.8. The monoisotopic (exact) mass is 498 g/mol. The standard InChI is InChI=1S/C25H31FN8.ClH/c1-17-19(15-28-34(17)24-14-23(31(2)3)29-25(27)30-24)5-4-10-32-11-12-33-21(16-32)9-7-18-6-8-20(26)13-22(18)33;/h4-6,8,13-15,21H,7,9-12,16H2,1-3H3,(H2,27,29,30);1H/b5-4+;. The maximum atomic E-state index is 13.8. The lowest BCUT2D eigenvalue weighted by Gasteiger charge is -2.46. The summed E-state index contributed by atoms with van der Waals surface area (Å²) in [4.78, 5) is 15.4. The molecule has 0 aliphatic carbocycles. The van der Waals surface area contributed by atoms with E-state index in [-0.39, 0.29) is 24.2 Å². The number of aromatic nitrogens is 4. The Balaban J connectivity index is 0.00000289. The first-order valence-electron chi connectivity index (χ1n) is 11.7. The van der Waals surface area contributed by atoms with E-state index in [1.807, 2.05) is 44.2 Å². The molecule has 1 atom stereocenters. The van der Waals surface area contributed by atoms with Crippen LogP contribution in [0.2, 0.25) is 0 Å². The van der Waals surface area contributed by atoms with Gasteiger partial charge in [-0.3, -0.25) is 4.90 Å². The Bertz CT molecular complexity index is 1220. The van der Waals surface area contributed by atoms with Crippen molar-refractivity contribution in [3.05, 3.63) is 59.2 Å². The number of piperazine rings is 1. The first-order chi connectivity index (χ1) is 16.4. The number of nitrogen functional groups attached to an aromatic ring is 1. The summed E-state index contributed by atoms with van der Waals surface area (Å²) < 4.78 is 15.6. The van der Waals surface area contributed by atoms with Crippen molar-refractivity contribution in [2.75, 3.05) is 55.8 Å². The maximum absolute atomic E-state index is 13.8. The van der Waals surface area contributed by atoms with E-state index >= 15 is 0 Å². The van der Waals surface area contributed by atoms with Crippen LogP contribution in [0.3, 0.4) is 0 Å². The van der Waals surface area contributed by atoms with Gasteiger partial charge in [0, 0.05) is 63.6 Å². The van der Waals surface area contributed by atoms with Gasteiger partial charge in [0.15, 0.2) is 5.82 Å². The Labute approximate surface area is 211 Å². The van der Waals surface area contributed by atoms with Crippen molar-refractivity contribution in [2.24, 2.45) is 0 Å². The maximum Gasteiger partial charge on any atom is 0.224 e. The molecule has 0 amide bonds. The van der Waals surface area contributed by atoms with E-state index in [9.17, 15) is 4.39 Å². The minimum Gasteiger partial charge on any atom is -0.368 e. The highest BCUT2D eigenvalue weighted by atomic mass is 35.5. The molecule has 3 aromatic rings. The molecule has 1 aromatic carbocycles. The predicted octanol–water partition coefficient (Wildman–Crippen LogP) is 3.33. The number of benzene rings is 1. The van der Waals surface area contributed by atoms with Crippen molar-refractivity contribution in [3.8, 4) is 5.82 Å². The summed E-state index contributed by atoms with van der Waals surface area (Å²) in [5, 5.41) is 4.53. The van der Waals surface area contributed by atoms with Crippen LogP contribution in [0, 0.1) is 12.7 Å². The normalized spacial score (nSPS) is 17.7. The fraction of sp³-hybridized carbons (Fsp3) is 0.400. The van der Waals surface area contributed by atoms with Gasteiger partial charge in [-0.05, 0) is 37.5 Å². The molecule has 5 rings (SSSR count). The van der Waals surface area contributed by atoms with E-state index in [0.717, 1.165) is 61.8 Å². The first kappa shape index (κ1) is 24.9. The number of halogens is 2. The number of fused-ring (bicyclic) bond motifs is 3. The molecule has 2 N–H and O–H groups in total. The number of nitrogens with zero attached hydrogens (tertiary/aromatic N) is 7. The molecule has 35 heavy (non-hydrogen) atoms. The highest BCUT2D eigenvalue weighted by molar-refractivity contribution is 5.85. The van der Waals surface area contributed by atoms with Crippen molar-refractivity contribution in [1.82, 2.24) is 24.6 Å². The first-order valence-corrected chi connectivity index (χ1v) is 11.7. The van der Waals surface area contributed by atoms with E-state index in [1.54, 1.807) is 16.8 Å². The van der Waals surface area contributed by atoms with Gasteiger partial charge in [0.25, 0.3) is 0 Å². The topological polar surface area (TPSA) is 79.3 Å². The summed E-state index contributed by atoms with van der Waals surface area (Å²) in [6.07, 6.45) is 8.29. The van der Waals surface area contributed by atoms with Crippen LogP contribution in [0.1, 0.15) is 23.2 Å². The molecule has 0 radical (unpaired) electrons. The zero-order valence-electron chi connectivity index (χ0n) is 20.4. The third kappa shape index (κ3) is 5.11. The van der Waals surface area contributed by atoms with Crippen LogP contribution >= 0.6 is 12.4 Å². The van der Waals surface area contributed by atoms with Gasteiger partial charge in [0.1, 0.15) is 11.6 Å².